The molecule has 0 saturated heterocycles. The molecule has 0 unspecified atom stereocenters. The molecule has 0 spiro atoms. The molecule has 0 rings (SSSR count). The molecule has 0 saturated carbocycles. The standard InChI is InChI=1S/C14H29F2NO/c1-2-3-4-5-6-7-8-9-10-17-11-12-18-13-14(15)16/h14,17H,2-13H2,1H3. The molecule has 0 radical (unpaired) electrons. The number of unbranched alkanes of at least 4 members (excludes halogenated alkanes) is 7. The number of rotatable bonds is 14. The first-order chi connectivity index (χ1) is 8.77. The van der Waals surface area contributed by atoms with Gasteiger partial charge in [0, 0.05) is 6.54 Å². The summed E-state index contributed by atoms with van der Waals surface area (Å²) in [6.07, 6.45) is 8.14. The Labute approximate surface area is 110 Å². The molecule has 0 aromatic heterocycles. The number of halogens is 2. The lowest BCUT2D eigenvalue weighted by Crippen LogP contribution is -2.22. The summed E-state index contributed by atoms with van der Waals surface area (Å²) < 4.78 is 28.2. The molecule has 0 fully saturated rings. The summed E-state index contributed by atoms with van der Waals surface area (Å²) in [7, 11) is 0. The maximum Gasteiger partial charge on any atom is 0.261 e. The molecule has 110 valence electrons. The minimum atomic E-state index is -2.35. The fourth-order valence-electron chi connectivity index (χ4n) is 1.83. The van der Waals surface area contributed by atoms with Crippen LogP contribution in [-0.4, -0.2) is 32.7 Å². The minimum Gasteiger partial charge on any atom is -0.374 e. The van der Waals surface area contributed by atoms with Crippen LogP contribution in [0, 0.1) is 0 Å². The van der Waals surface area contributed by atoms with Crippen molar-refractivity contribution < 1.29 is 13.5 Å². The van der Waals surface area contributed by atoms with Gasteiger partial charge in [-0.15, -0.1) is 0 Å². The van der Waals surface area contributed by atoms with Gasteiger partial charge < -0.3 is 10.1 Å². The van der Waals surface area contributed by atoms with Crippen LogP contribution in [0.4, 0.5) is 8.78 Å². The van der Waals surface area contributed by atoms with Crippen LogP contribution < -0.4 is 5.32 Å². The van der Waals surface area contributed by atoms with Gasteiger partial charge in [-0.2, -0.15) is 0 Å². The predicted molar refractivity (Wildman–Crippen MR) is 72.3 cm³/mol. The Morgan fingerprint density at radius 1 is 0.889 bits per heavy atom. The maximum atomic E-state index is 11.7. The van der Waals surface area contributed by atoms with Crippen LogP contribution >= 0.6 is 0 Å². The fraction of sp³-hybridized carbons (Fsp3) is 1.00. The van der Waals surface area contributed by atoms with Crippen molar-refractivity contribution in [3.05, 3.63) is 0 Å². The Morgan fingerprint density at radius 2 is 1.50 bits per heavy atom. The fourth-order valence-corrected chi connectivity index (χ4v) is 1.83. The van der Waals surface area contributed by atoms with Gasteiger partial charge in [-0.05, 0) is 13.0 Å². The van der Waals surface area contributed by atoms with Crippen LogP contribution in [0.15, 0.2) is 0 Å². The maximum absolute atomic E-state index is 11.7. The molecule has 18 heavy (non-hydrogen) atoms. The van der Waals surface area contributed by atoms with E-state index in [9.17, 15) is 8.78 Å². The van der Waals surface area contributed by atoms with Crippen LogP contribution in [0.2, 0.25) is 0 Å². The molecule has 0 aliphatic carbocycles. The third-order valence-electron chi connectivity index (χ3n) is 2.87. The summed E-state index contributed by atoms with van der Waals surface area (Å²) in [5.41, 5.74) is 0. The van der Waals surface area contributed by atoms with Crippen molar-refractivity contribution in [2.24, 2.45) is 0 Å². The van der Waals surface area contributed by atoms with E-state index in [4.69, 9.17) is 4.74 Å². The molecule has 0 bridgehead atoms. The normalized spacial score (nSPS) is 11.3. The summed E-state index contributed by atoms with van der Waals surface area (Å²) >= 11 is 0. The van der Waals surface area contributed by atoms with Crippen LogP contribution in [0.5, 0.6) is 0 Å². The summed E-state index contributed by atoms with van der Waals surface area (Å²) in [5.74, 6) is 0. The second-order valence-corrected chi connectivity index (χ2v) is 4.69. The number of nitrogens with one attached hydrogen (secondary N) is 1. The molecule has 0 heterocycles. The molecule has 0 aromatic rings. The second-order valence-electron chi connectivity index (χ2n) is 4.69. The van der Waals surface area contributed by atoms with Crippen molar-refractivity contribution in [1.82, 2.24) is 5.32 Å². The monoisotopic (exact) mass is 265 g/mol. The average Bonchev–Trinajstić information content (AvgIpc) is 2.34. The zero-order valence-electron chi connectivity index (χ0n) is 11.7. The lowest BCUT2D eigenvalue weighted by molar-refractivity contribution is 0.0188. The zero-order chi connectivity index (χ0) is 13.5. The minimum absolute atomic E-state index is 0.376. The van der Waals surface area contributed by atoms with Gasteiger partial charge in [0.15, 0.2) is 0 Å². The van der Waals surface area contributed by atoms with E-state index in [1.165, 1.54) is 51.4 Å². The lowest BCUT2D eigenvalue weighted by Gasteiger charge is -2.06. The highest BCUT2D eigenvalue weighted by Crippen LogP contribution is 2.07. The van der Waals surface area contributed by atoms with E-state index in [0.717, 1.165) is 6.54 Å². The van der Waals surface area contributed by atoms with E-state index in [2.05, 4.69) is 12.2 Å². The Kier molecular flexibility index (Phi) is 14.7. The Bertz CT molecular complexity index is 157. The predicted octanol–water partition coefficient (Wildman–Crippen LogP) is 4.00. The van der Waals surface area contributed by atoms with E-state index >= 15 is 0 Å². The smallest absolute Gasteiger partial charge is 0.261 e. The molecular weight excluding hydrogens is 236 g/mol. The van der Waals surface area contributed by atoms with Crippen LogP contribution in [0.1, 0.15) is 58.3 Å². The molecule has 1 N–H and O–H groups in total. The Morgan fingerprint density at radius 3 is 2.11 bits per heavy atom. The molecule has 0 aliphatic heterocycles. The van der Waals surface area contributed by atoms with Crippen molar-refractivity contribution in [2.45, 2.75) is 64.7 Å². The van der Waals surface area contributed by atoms with Crippen molar-refractivity contribution in [1.29, 1.82) is 0 Å². The Hall–Kier alpha value is -0.220. The molecule has 0 amide bonds. The first-order valence-corrected chi connectivity index (χ1v) is 7.34. The Balaban J connectivity index is 2.90. The lowest BCUT2D eigenvalue weighted by atomic mass is 10.1. The average molecular weight is 265 g/mol. The van der Waals surface area contributed by atoms with Crippen molar-refractivity contribution >= 4 is 0 Å². The van der Waals surface area contributed by atoms with Crippen LogP contribution in [0.25, 0.3) is 0 Å². The van der Waals surface area contributed by atoms with Crippen molar-refractivity contribution in [2.75, 3.05) is 26.3 Å². The molecule has 0 aromatic carbocycles. The highest BCUT2D eigenvalue weighted by atomic mass is 19.3. The largest absolute Gasteiger partial charge is 0.374 e. The molecule has 4 heteroatoms. The van der Waals surface area contributed by atoms with E-state index in [1.54, 1.807) is 0 Å². The van der Waals surface area contributed by atoms with Gasteiger partial charge in [-0.3, -0.25) is 0 Å². The second kappa shape index (κ2) is 14.8. The van der Waals surface area contributed by atoms with Crippen molar-refractivity contribution in [3.63, 3.8) is 0 Å². The van der Waals surface area contributed by atoms with Gasteiger partial charge in [0.1, 0.15) is 6.61 Å². The summed E-state index contributed by atoms with van der Waals surface area (Å²) in [6, 6.07) is 0. The van der Waals surface area contributed by atoms with E-state index in [0.29, 0.717) is 13.2 Å². The topological polar surface area (TPSA) is 21.3 Å². The first-order valence-electron chi connectivity index (χ1n) is 7.34. The van der Waals surface area contributed by atoms with Gasteiger partial charge in [-0.25, -0.2) is 8.78 Å². The molecule has 0 atom stereocenters. The number of alkyl halides is 2. The van der Waals surface area contributed by atoms with E-state index < -0.39 is 13.0 Å². The van der Waals surface area contributed by atoms with Crippen LogP contribution in [0.3, 0.4) is 0 Å². The number of hydrogen-bond acceptors (Lipinski definition) is 2. The first kappa shape index (κ1) is 17.8. The number of hydrogen-bond donors (Lipinski definition) is 1. The highest BCUT2D eigenvalue weighted by Gasteiger charge is 2.00. The SMILES string of the molecule is CCCCCCCCCCNCCOCC(F)F. The molecular formula is C14H29F2NO. The summed E-state index contributed by atoms with van der Waals surface area (Å²) in [5, 5.41) is 3.20. The molecule has 2 nitrogen and oxygen atoms in total. The summed E-state index contributed by atoms with van der Waals surface area (Å²) in [6.45, 7) is 3.80. The zero-order valence-corrected chi connectivity index (χ0v) is 11.7. The number of ether oxygens (including phenoxy) is 1. The highest BCUT2D eigenvalue weighted by molar-refractivity contribution is 4.50. The molecule has 0 aliphatic rings. The summed E-state index contributed by atoms with van der Waals surface area (Å²) in [4.78, 5) is 0. The van der Waals surface area contributed by atoms with Gasteiger partial charge >= 0.3 is 0 Å². The van der Waals surface area contributed by atoms with Gasteiger partial charge in [0.2, 0.25) is 0 Å². The van der Waals surface area contributed by atoms with Crippen molar-refractivity contribution in [3.8, 4) is 0 Å². The van der Waals surface area contributed by atoms with Gasteiger partial charge in [-0.1, -0.05) is 51.9 Å². The van der Waals surface area contributed by atoms with E-state index in [1.807, 2.05) is 0 Å². The quantitative estimate of drug-likeness (QED) is 0.479. The third kappa shape index (κ3) is 15.8. The third-order valence-corrected chi connectivity index (χ3v) is 2.87. The van der Waals surface area contributed by atoms with E-state index in [-0.39, 0.29) is 0 Å². The van der Waals surface area contributed by atoms with Crippen LogP contribution in [-0.2, 0) is 4.74 Å². The van der Waals surface area contributed by atoms with Gasteiger partial charge in [0.25, 0.3) is 6.43 Å². The van der Waals surface area contributed by atoms with Gasteiger partial charge in [0.05, 0.1) is 6.61 Å².